The Morgan fingerprint density at radius 2 is 1.90 bits per heavy atom. The molecule has 9 rings (SSSR count). The van der Waals surface area contributed by atoms with Crippen LogP contribution in [-0.4, -0.2) is 80.9 Å². The van der Waals surface area contributed by atoms with E-state index in [0.29, 0.717) is 30.9 Å². The molecule has 11 heteroatoms. The molecule has 10 nitrogen and oxygen atoms in total. The molecule has 0 aliphatic carbocycles. The van der Waals surface area contributed by atoms with Gasteiger partial charge in [0, 0.05) is 85.5 Å². The number of ether oxygens (including phenoxy) is 1. The van der Waals surface area contributed by atoms with Crippen LogP contribution >= 0.6 is 11.6 Å². The molecule has 5 aromatic heterocycles. The first-order chi connectivity index (χ1) is 20.2. The van der Waals surface area contributed by atoms with Crippen molar-refractivity contribution >= 4 is 39.7 Å². The van der Waals surface area contributed by atoms with Crippen LogP contribution in [0.4, 0.5) is 11.5 Å². The molecule has 4 saturated heterocycles. The Labute approximate surface area is 241 Å². The van der Waals surface area contributed by atoms with Gasteiger partial charge in [-0.3, -0.25) is 4.90 Å². The van der Waals surface area contributed by atoms with Gasteiger partial charge in [0.15, 0.2) is 0 Å². The van der Waals surface area contributed by atoms with Crippen molar-refractivity contribution in [2.45, 2.75) is 25.0 Å². The van der Waals surface area contributed by atoms with E-state index in [1.54, 1.807) is 6.20 Å². The lowest BCUT2D eigenvalue weighted by molar-refractivity contribution is -0.00869. The maximum Gasteiger partial charge on any atom is 0.138 e. The summed E-state index contributed by atoms with van der Waals surface area (Å²) in [5.41, 5.74) is 6.26. The number of piperidine rings is 1. The summed E-state index contributed by atoms with van der Waals surface area (Å²) in [5.74, 6) is 0.978. The van der Waals surface area contributed by atoms with Crippen LogP contribution < -0.4 is 9.80 Å². The minimum absolute atomic E-state index is 0.461. The maximum absolute atomic E-state index is 9.75. The van der Waals surface area contributed by atoms with Crippen LogP contribution in [-0.2, 0) is 11.3 Å². The van der Waals surface area contributed by atoms with Gasteiger partial charge in [-0.25, -0.2) is 14.5 Å². The molecule has 0 radical (unpaired) electrons. The summed E-state index contributed by atoms with van der Waals surface area (Å²) in [7, 11) is 0. The second-order valence-electron chi connectivity index (χ2n) is 11.0. The molecule has 2 atom stereocenters. The molecule has 9 heterocycles. The number of aromatic amines is 1. The number of H-pyrrole nitrogens is 1. The SMILES string of the molecule is N#Cc1cnn2cc(N3CCOCC3)cc(-c3ccc(N4CC5CC(C4)N5Cc4cnc5[nH]ccc5c4Cl)nc3)c12. The molecule has 0 saturated carbocycles. The number of nitrogens with one attached hydrogen (secondary N) is 1. The highest BCUT2D eigenvalue weighted by atomic mass is 35.5. The van der Waals surface area contributed by atoms with Gasteiger partial charge in [-0.2, -0.15) is 10.4 Å². The molecule has 4 aliphatic heterocycles. The third-order valence-corrected chi connectivity index (χ3v) is 9.21. The molecule has 0 aromatic carbocycles. The number of morpholine rings is 1. The lowest BCUT2D eigenvalue weighted by Crippen LogP contribution is -2.68. The lowest BCUT2D eigenvalue weighted by Gasteiger charge is -2.56. The molecule has 4 fully saturated rings. The molecule has 0 amide bonds. The number of fused-ring (bicyclic) bond motifs is 4. The van der Waals surface area contributed by atoms with Crippen molar-refractivity contribution in [2.75, 3.05) is 49.2 Å². The van der Waals surface area contributed by atoms with Crippen molar-refractivity contribution < 1.29 is 4.74 Å². The van der Waals surface area contributed by atoms with Crippen molar-refractivity contribution in [3.05, 3.63) is 71.4 Å². The van der Waals surface area contributed by atoms with E-state index in [-0.39, 0.29) is 0 Å². The highest BCUT2D eigenvalue weighted by molar-refractivity contribution is 6.36. The van der Waals surface area contributed by atoms with Crippen molar-refractivity contribution in [3.8, 4) is 17.2 Å². The third kappa shape index (κ3) is 4.11. The quantitative estimate of drug-likeness (QED) is 0.340. The second-order valence-corrected chi connectivity index (χ2v) is 11.4. The number of nitriles is 1. The number of hydrogen-bond acceptors (Lipinski definition) is 8. The topological polar surface area (TPSA) is 102 Å². The van der Waals surface area contributed by atoms with E-state index < -0.39 is 0 Å². The maximum atomic E-state index is 9.75. The minimum atomic E-state index is 0.461. The fourth-order valence-electron chi connectivity index (χ4n) is 6.59. The number of aromatic nitrogens is 5. The molecule has 0 spiro atoms. The fourth-order valence-corrected chi connectivity index (χ4v) is 6.85. The summed E-state index contributed by atoms with van der Waals surface area (Å²) in [6, 6.07) is 11.6. The number of halogens is 1. The van der Waals surface area contributed by atoms with Crippen molar-refractivity contribution in [2.24, 2.45) is 0 Å². The van der Waals surface area contributed by atoms with Gasteiger partial charge >= 0.3 is 0 Å². The van der Waals surface area contributed by atoms with Crippen LogP contribution in [0.2, 0.25) is 5.02 Å². The zero-order valence-electron chi connectivity index (χ0n) is 22.4. The Hall–Kier alpha value is -4.17. The monoisotopic (exact) mass is 565 g/mol. The molecular formula is C30H28ClN9O. The van der Waals surface area contributed by atoms with Gasteiger partial charge in [0.25, 0.3) is 0 Å². The minimum Gasteiger partial charge on any atom is -0.378 e. The van der Waals surface area contributed by atoms with E-state index in [1.807, 2.05) is 35.4 Å². The number of hydrogen-bond donors (Lipinski definition) is 1. The second kappa shape index (κ2) is 9.73. The van der Waals surface area contributed by atoms with Crippen LogP contribution in [0.25, 0.3) is 27.7 Å². The molecule has 1 N–H and O–H groups in total. The van der Waals surface area contributed by atoms with Crippen LogP contribution in [0.5, 0.6) is 0 Å². The number of rotatable bonds is 5. The first kappa shape index (κ1) is 24.6. The molecule has 4 aliphatic rings. The van der Waals surface area contributed by atoms with Gasteiger partial charge in [-0.1, -0.05) is 11.6 Å². The molecule has 41 heavy (non-hydrogen) atoms. The highest BCUT2D eigenvalue weighted by Crippen LogP contribution is 2.38. The predicted octanol–water partition coefficient (Wildman–Crippen LogP) is 4.10. The lowest BCUT2D eigenvalue weighted by atomic mass is 9.87. The molecule has 2 unspecified atom stereocenters. The van der Waals surface area contributed by atoms with Crippen LogP contribution in [0.15, 0.2) is 55.2 Å². The molecule has 5 aromatic rings. The standard InChI is InChI=1S/C30H28ClN9O/c31-28-21(13-35-30-25(28)3-4-33-30)15-39-23-9-24(39)17-38(16-23)27-2-1-19(12-34-27)26-10-22(37-5-7-41-8-6-37)18-40-29(26)20(11-32)14-36-40/h1-4,10,12-14,18,23-24H,5-9,15-17H2,(H,33,35). The van der Waals surface area contributed by atoms with E-state index in [0.717, 1.165) is 82.5 Å². The predicted molar refractivity (Wildman–Crippen MR) is 157 cm³/mol. The Kier molecular flexibility index (Phi) is 5.84. The van der Waals surface area contributed by atoms with Crippen LogP contribution in [0, 0.1) is 11.3 Å². The number of anilines is 2. The highest BCUT2D eigenvalue weighted by Gasteiger charge is 2.45. The normalized spacial score (nSPS) is 20.9. The first-order valence-corrected chi connectivity index (χ1v) is 14.4. The molecule has 2 bridgehead atoms. The van der Waals surface area contributed by atoms with Crippen molar-refractivity contribution in [3.63, 3.8) is 0 Å². The largest absolute Gasteiger partial charge is 0.378 e. The van der Waals surface area contributed by atoms with Gasteiger partial charge < -0.3 is 19.5 Å². The number of nitrogens with zero attached hydrogens (tertiary/aromatic N) is 8. The molecule has 206 valence electrons. The summed E-state index contributed by atoms with van der Waals surface area (Å²) in [5, 5.41) is 16.0. The molecular weight excluding hydrogens is 538 g/mol. The number of piperazine rings is 1. The van der Waals surface area contributed by atoms with Gasteiger partial charge in [-0.05, 0) is 30.7 Å². The van der Waals surface area contributed by atoms with Crippen LogP contribution in [0.3, 0.4) is 0 Å². The van der Waals surface area contributed by atoms with E-state index >= 15 is 0 Å². The summed E-state index contributed by atoms with van der Waals surface area (Å²) >= 11 is 6.72. The average molecular weight is 566 g/mol. The number of pyridine rings is 3. The van der Waals surface area contributed by atoms with Crippen LogP contribution in [0.1, 0.15) is 17.5 Å². The van der Waals surface area contributed by atoms with Crippen molar-refractivity contribution in [1.82, 2.24) is 29.5 Å². The smallest absolute Gasteiger partial charge is 0.138 e. The average Bonchev–Trinajstić information content (AvgIpc) is 3.68. The zero-order chi connectivity index (χ0) is 27.5. The Morgan fingerprint density at radius 1 is 1.05 bits per heavy atom. The summed E-state index contributed by atoms with van der Waals surface area (Å²) < 4.78 is 7.36. The summed E-state index contributed by atoms with van der Waals surface area (Å²) in [6.07, 6.45) is 10.5. The Morgan fingerprint density at radius 3 is 2.68 bits per heavy atom. The van der Waals surface area contributed by atoms with Gasteiger partial charge in [0.05, 0.1) is 47.4 Å². The van der Waals surface area contributed by atoms with E-state index in [1.165, 1.54) is 6.42 Å². The summed E-state index contributed by atoms with van der Waals surface area (Å²) in [6.45, 7) is 5.72. The zero-order valence-corrected chi connectivity index (χ0v) is 23.1. The van der Waals surface area contributed by atoms with E-state index in [4.69, 9.17) is 21.3 Å². The van der Waals surface area contributed by atoms with E-state index in [9.17, 15) is 5.26 Å². The Balaban J connectivity index is 1.03. The van der Waals surface area contributed by atoms with E-state index in [2.05, 4.69) is 54.0 Å². The van der Waals surface area contributed by atoms with Gasteiger partial charge in [-0.15, -0.1) is 0 Å². The third-order valence-electron chi connectivity index (χ3n) is 8.77. The van der Waals surface area contributed by atoms with Gasteiger partial charge in [0.2, 0.25) is 0 Å². The van der Waals surface area contributed by atoms with Gasteiger partial charge in [0.1, 0.15) is 17.5 Å². The first-order valence-electron chi connectivity index (χ1n) is 14.0. The Bertz CT molecular complexity index is 1790. The fraction of sp³-hybridized carbons (Fsp3) is 0.333. The van der Waals surface area contributed by atoms with Crippen molar-refractivity contribution in [1.29, 1.82) is 5.26 Å². The summed E-state index contributed by atoms with van der Waals surface area (Å²) in [4.78, 5) is 19.8.